The standard InChI is InChI=1S/C12H27N.C3H7NO/c1-4-7-10-13(11-8-5-2)12-9-6-3;1-4(2)3-5/h4-12H2,1-3H3;3H,1-2H3. The normalized spacial score (nSPS) is 9.89. The molecule has 0 bridgehead atoms. The van der Waals surface area contributed by atoms with E-state index in [1.807, 2.05) is 0 Å². The predicted molar refractivity (Wildman–Crippen MR) is 80.9 cm³/mol. The van der Waals surface area contributed by atoms with Crippen LogP contribution in [0.4, 0.5) is 0 Å². The molecule has 0 aromatic heterocycles. The highest BCUT2D eigenvalue weighted by atomic mass is 16.1. The van der Waals surface area contributed by atoms with Gasteiger partial charge in [-0.2, -0.15) is 0 Å². The molecule has 0 fully saturated rings. The van der Waals surface area contributed by atoms with Crippen LogP contribution in [0.25, 0.3) is 0 Å². The summed E-state index contributed by atoms with van der Waals surface area (Å²) in [7, 11) is 3.38. The largest absolute Gasteiger partial charge is 0.351 e. The number of amides is 1. The molecule has 0 saturated carbocycles. The zero-order chi connectivity index (χ0) is 14.2. The lowest BCUT2D eigenvalue weighted by Crippen LogP contribution is -2.27. The van der Waals surface area contributed by atoms with Crippen LogP contribution in [0.15, 0.2) is 0 Å². The van der Waals surface area contributed by atoms with Crippen LogP contribution in [-0.4, -0.2) is 49.9 Å². The lowest BCUT2D eigenvalue weighted by Gasteiger charge is -2.21. The van der Waals surface area contributed by atoms with Gasteiger partial charge in [0.15, 0.2) is 0 Å². The number of hydrogen-bond donors (Lipinski definition) is 0. The Hall–Kier alpha value is -0.570. The number of nitrogens with zero attached hydrogens (tertiary/aromatic N) is 2. The van der Waals surface area contributed by atoms with Crippen LogP contribution in [-0.2, 0) is 4.79 Å². The second-order valence-corrected chi connectivity index (χ2v) is 4.97. The highest BCUT2D eigenvalue weighted by Crippen LogP contribution is 2.01. The highest BCUT2D eigenvalue weighted by molar-refractivity contribution is 5.45. The SMILES string of the molecule is CCCCN(CCCC)CCCC.CN(C)C=O. The van der Waals surface area contributed by atoms with Crippen molar-refractivity contribution in [2.24, 2.45) is 0 Å². The average Bonchev–Trinajstić information content (AvgIpc) is 2.38. The fourth-order valence-electron chi connectivity index (χ4n) is 1.48. The van der Waals surface area contributed by atoms with Crippen molar-refractivity contribution in [3.8, 4) is 0 Å². The van der Waals surface area contributed by atoms with Crippen LogP contribution >= 0.6 is 0 Å². The van der Waals surface area contributed by atoms with E-state index in [1.165, 1.54) is 63.1 Å². The van der Waals surface area contributed by atoms with Crippen molar-refractivity contribution < 1.29 is 4.79 Å². The maximum absolute atomic E-state index is 9.43. The van der Waals surface area contributed by atoms with Gasteiger partial charge in [-0.25, -0.2) is 0 Å². The summed E-state index contributed by atoms with van der Waals surface area (Å²) in [5.74, 6) is 0. The fourth-order valence-corrected chi connectivity index (χ4v) is 1.48. The molecule has 1 amide bonds. The van der Waals surface area contributed by atoms with E-state index in [0.717, 1.165) is 6.41 Å². The van der Waals surface area contributed by atoms with Gasteiger partial charge in [0.2, 0.25) is 6.41 Å². The lowest BCUT2D eigenvalue weighted by molar-refractivity contribution is -0.115. The summed E-state index contributed by atoms with van der Waals surface area (Å²) >= 11 is 0. The summed E-state index contributed by atoms with van der Waals surface area (Å²) < 4.78 is 0. The molecule has 0 aromatic carbocycles. The average molecular weight is 258 g/mol. The van der Waals surface area contributed by atoms with Crippen LogP contribution in [0.3, 0.4) is 0 Å². The molecule has 18 heavy (non-hydrogen) atoms. The van der Waals surface area contributed by atoms with Crippen molar-refractivity contribution in [1.29, 1.82) is 0 Å². The molecule has 0 atom stereocenters. The van der Waals surface area contributed by atoms with Gasteiger partial charge >= 0.3 is 0 Å². The van der Waals surface area contributed by atoms with E-state index in [4.69, 9.17) is 0 Å². The van der Waals surface area contributed by atoms with Crippen molar-refractivity contribution in [3.63, 3.8) is 0 Å². The van der Waals surface area contributed by atoms with Crippen molar-refractivity contribution >= 4 is 6.41 Å². The van der Waals surface area contributed by atoms with Crippen molar-refractivity contribution in [2.45, 2.75) is 59.3 Å². The number of rotatable bonds is 10. The van der Waals surface area contributed by atoms with Crippen molar-refractivity contribution in [3.05, 3.63) is 0 Å². The molecule has 0 unspecified atom stereocenters. The molecule has 0 saturated heterocycles. The molecule has 0 aliphatic carbocycles. The number of carbonyl (C=O) groups excluding carboxylic acids is 1. The van der Waals surface area contributed by atoms with Crippen LogP contribution in [0, 0.1) is 0 Å². The van der Waals surface area contributed by atoms with E-state index in [2.05, 4.69) is 25.7 Å². The Morgan fingerprint density at radius 1 is 0.778 bits per heavy atom. The smallest absolute Gasteiger partial charge is 0.209 e. The third kappa shape index (κ3) is 17.8. The van der Waals surface area contributed by atoms with Gasteiger partial charge in [-0.3, -0.25) is 4.79 Å². The first-order valence-electron chi connectivity index (χ1n) is 7.46. The number of hydrogen-bond acceptors (Lipinski definition) is 2. The molecule has 0 N–H and O–H groups in total. The Labute approximate surface area is 115 Å². The monoisotopic (exact) mass is 258 g/mol. The zero-order valence-electron chi connectivity index (χ0n) is 13.2. The molecule has 0 aliphatic heterocycles. The van der Waals surface area contributed by atoms with Gasteiger partial charge < -0.3 is 9.80 Å². The minimum atomic E-state index is 0.750. The molecule has 0 rings (SSSR count). The second kappa shape index (κ2) is 16.4. The van der Waals surface area contributed by atoms with Crippen molar-refractivity contribution in [2.75, 3.05) is 33.7 Å². The Bertz CT molecular complexity index is 142. The van der Waals surface area contributed by atoms with E-state index in [0.29, 0.717) is 0 Å². The summed E-state index contributed by atoms with van der Waals surface area (Å²) in [6.45, 7) is 10.8. The van der Waals surface area contributed by atoms with Crippen LogP contribution < -0.4 is 0 Å². The van der Waals surface area contributed by atoms with Gasteiger partial charge in [-0.05, 0) is 38.9 Å². The minimum absolute atomic E-state index is 0.750. The summed E-state index contributed by atoms with van der Waals surface area (Å²) in [5.41, 5.74) is 0. The Morgan fingerprint density at radius 3 is 1.22 bits per heavy atom. The topological polar surface area (TPSA) is 23.6 Å². The van der Waals surface area contributed by atoms with E-state index in [9.17, 15) is 4.79 Å². The third-order valence-electron chi connectivity index (χ3n) is 2.69. The van der Waals surface area contributed by atoms with E-state index < -0.39 is 0 Å². The fraction of sp³-hybridized carbons (Fsp3) is 0.933. The van der Waals surface area contributed by atoms with E-state index >= 15 is 0 Å². The molecule has 3 nitrogen and oxygen atoms in total. The predicted octanol–water partition coefficient (Wildman–Crippen LogP) is 3.39. The van der Waals surface area contributed by atoms with Gasteiger partial charge in [0, 0.05) is 14.1 Å². The molecule has 0 heterocycles. The quantitative estimate of drug-likeness (QED) is 0.561. The van der Waals surface area contributed by atoms with Crippen molar-refractivity contribution in [1.82, 2.24) is 9.80 Å². The summed E-state index contributed by atoms with van der Waals surface area (Å²) in [6.07, 6.45) is 8.84. The molecule has 110 valence electrons. The summed E-state index contributed by atoms with van der Waals surface area (Å²) in [5, 5.41) is 0. The zero-order valence-corrected chi connectivity index (χ0v) is 13.2. The van der Waals surface area contributed by atoms with Gasteiger partial charge in [0.1, 0.15) is 0 Å². The van der Waals surface area contributed by atoms with Gasteiger partial charge in [0.25, 0.3) is 0 Å². The first kappa shape index (κ1) is 19.8. The van der Waals surface area contributed by atoms with Gasteiger partial charge in [-0.15, -0.1) is 0 Å². The molecular formula is C15H34N2O. The number of unbranched alkanes of at least 4 members (excludes halogenated alkanes) is 3. The molecular weight excluding hydrogens is 224 g/mol. The Morgan fingerprint density at radius 2 is 1.06 bits per heavy atom. The Balaban J connectivity index is 0. The maximum Gasteiger partial charge on any atom is 0.209 e. The van der Waals surface area contributed by atoms with E-state index in [1.54, 1.807) is 14.1 Å². The maximum atomic E-state index is 9.43. The summed E-state index contributed by atoms with van der Waals surface area (Å²) in [4.78, 5) is 13.5. The molecule has 3 heteroatoms. The van der Waals surface area contributed by atoms with Crippen LogP contribution in [0.2, 0.25) is 0 Å². The lowest BCUT2D eigenvalue weighted by atomic mass is 10.2. The second-order valence-electron chi connectivity index (χ2n) is 4.97. The Kier molecular flexibility index (Phi) is 18.0. The first-order chi connectivity index (χ1) is 8.62. The third-order valence-corrected chi connectivity index (χ3v) is 2.69. The van der Waals surface area contributed by atoms with E-state index in [-0.39, 0.29) is 0 Å². The van der Waals surface area contributed by atoms with Crippen LogP contribution in [0.1, 0.15) is 59.3 Å². The first-order valence-corrected chi connectivity index (χ1v) is 7.46. The molecule has 0 aromatic rings. The van der Waals surface area contributed by atoms with Crippen LogP contribution in [0.5, 0.6) is 0 Å². The molecule has 0 spiro atoms. The summed E-state index contributed by atoms with van der Waals surface area (Å²) in [6, 6.07) is 0. The number of carbonyl (C=O) groups is 1. The highest BCUT2D eigenvalue weighted by Gasteiger charge is 2.01. The minimum Gasteiger partial charge on any atom is -0.351 e. The molecule has 0 radical (unpaired) electrons. The van der Waals surface area contributed by atoms with Gasteiger partial charge in [0.05, 0.1) is 0 Å². The molecule has 0 aliphatic rings. The van der Waals surface area contributed by atoms with Gasteiger partial charge in [-0.1, -0.05) is 40.0 Å².